The first-order valence-electron chi connectivity index (χ1n) is 11.6. The van der Waals surface area contributed by atoms with Crippen molar-refractivity contribution in [2.75, 3.05) is 57.3 Å². The molecule has 0 aliphatic carbocycles. The number of piperidine rings is 1. The molecule has 6 heteroatoms. The highest BCUT2D eigenvalue weighted by atomic mass is 16.5. The second-order valence-electron chi connectivity index (χ2n) is 8.58. The highest BCUT2D eigenvalue weighted by Gasteiger charge is 2.27. The Labute approximate surface area is 185 Å². The van der Waals surface area contributed by atoms with E-state index in [0.29, 0.717) is 18.9 Å². The van der Waals surface area contributed by atoms with Crippen LogP contribution in [0, 0.1) is 5.92 Å². The van der Waals surface area contributed by atoms with Crippen molar-refractivity contribution in [3.63, 3.8) is 0 Å². The van der Waals surface area contributed by atoms with Crippen molar-refractivity contribution in [3.8, 4) is 5.75 Å². The molecular formula is C25H34N4O2. The summed E-state index contributed by atoms with van der Waals surface area (Å²) < 4.78 is 5.49. The van der Waals surface area contributed by atoms with Gasteiger partial charge in [0, 0.05) is 52.0 Å². The van der Waals surface area contributed by atoms with Crippen LogP contribution in [-0.4, -0.2) is 73.1 Å². The van der Waals surface area contributed by atoms with Gasteiger partial charge in [-0.3, -0.25) is 9.69 Å². The zero-order valence-electron chi connectivity index (χ0n) is 18.6. The van der Waals surface area contributed by atoms with E-state index in [0.717, 1.165) is 69.4 Å². The molecule has 1 amide bonds. The average molecular weight is 423 g/mol. The quantitative estimate of drug-likeness (QED) is 0.686. The highest BCUT2D eigenvalue weighted by molar-refractivity contribution is 5.78. The number of nitrogens with zero attached hydrogens (tertiary/aromatic N) is 4. The van der Waals surface area contributed by atoms with E-state index in [2.05, 4.69) is 31.8 Å². The summed E-state index contributed by atoms with van der Waals surface area (Å²) >= 11 is 0. The number of likely N-dealkylation sites (tertiary alicyclic amines) is 1. The standard InChI is InChI=1S/C25H34N4O2/c1-2-31-23-10-8-21(9-11-23)18-25(30)29-13-5-6-22(20-29)19-27-14-16-28(17-15-27)24-7-3-4-12-26-24/h3-4,7-12,22H,2,5-6,13-20H2,1H3. The van der Waals surface area contributed by atoms with E-state index in [1.165, 1.54) is 6.42 Å². The maximum absolute atomic E-state index is 12.9. The van der Waals surface area contributed by atoms with Crippen LogP contribution in [0.2, 0.25) is 0 Å². The van der Waals surface area contributed by atoms with Crippen LogP contribution >= 0.6 is 0 Å². The van der Waals surface area contributed by atoms with Crippen molar-refractivity contribution in [1.29, 1.82) is 0 Å². The number of aromatic nitrogens is 1. The summed E-state index contributed by atoms with van der Waals surface area (Å²) in [6, 6.07) is 14.0. The fourth-order valence-electron chi connectivity index (χ4n) is 4.66. The SMILES string of the molecule is CCOc1ccc(CC(=O)N2CCCC(CN3CCN(c4ccccn4)CC3)C2)cc1. The maximum Gasteiger partial charge on any atom is 0.226 e. The Morgan fingerprint density at radius 1 is 1.06 bits per heavy atom. The van der Waals surface area contributed by atoms with Crippen molar-refractivity contribution in [1.82, 2.24) is 14.8 Å². The van der Waals surface area contributed by atoms with Crippen molar-refractivity contribution < 1.29 is 9.53 Å². The molecule has 2 aliphatic rings. The van der Waals surface area contributed by atoms with Gasteiger partial charge >= 0.3 is 0 Å². The monoisotopic (exact) mass is 422 g/mol. The van der Waals surface area contributed by atoms with Gasteiger partial charge in [0.2, 0.25) is 5.91 Å². The lowest BCUT2D eigenvalue weighted by atomic mass is 9.96. The molecule has 0 N–H and O–H groups in total. The number of hydrogen-bond donors (Lipinski definition) is 0. The van der Waals surface area contributed by atoms with E-state index in [1.807, 2.05) is 43.5 Å². The summed E-state index contributed by atoms with van der Waals surface area (Å²) in [5.41, 5.74) is 1.06. The molecule has 1 atom stereocenters. The van der Waals surface area contributed by atoms with Gasteiger partial charge in [0.1, 0.15) is 11.6 Å². The van der Waals surface area contributed by atoms with Gasteiger partial charge in [-0.05, 0) is 55.5 Å². The number of rotatable bonds is 7. The van der Waals surface area contributed by atoms with Crippen molar-refractivity contribution in [3.05, 3.63) is 54.2 Å². The highest BCUT2D eigenvalue weighted by Crippen LogP contribution is 2.21. The summed E-state index contributed by atoms with van der Waals surface area (Å²) in [5, 5.41) is 0. The molecule has 3 heterocycles. The molecule has 1 unspecified atom stereocenters. The minimum absolute atomic E-state index is 0.244. The van der Waals surface area contributed by atoms with Crippen LogP contribution in [0.4, 0.5) is 5.82 Å². The Hall–Kier alpha value is -2.60. The fraction of sp³-hybridized carbons (Fsp3) is 0.520. The minimum atomic E-state index is 0.244. The van der Waals surface area contributed by atoms with Crippen LogP contribution in [0.15, 0.2) is 48.7 Å². The number of carbonyl (C=O) groups excluding carboxylic acids is 1. The van der Waals surface area contributed by atoms with Crippen LogP contribution in [0.1, 0.15) is 25.3 Å². The largest absolute Gasteiger partial charge is 0.494 e. The van der Waals surface area contributed by atoms with E-state index < -0.39 is 0 Å². The number of piperazine rings is 1. The summed E-state index contributed by atoms with van der Waals surface area (Å²) in [7, 11) is 0. The van der Waals surface area contributed by atoms with Crippen LogP contribution in [-0.2, 0) is 11.2 Å². The topological polar surface area (TPSA) is 48.9 Å². The maximum atomic E-state index is 12.9. The van der Waals surface area contributed by atoms with E-state index in [9.17, 15) is 4.79 Å². The number of hydrogen-bond acceptors (Lipinski definition) is 5. The first-order chi connectivity index (χ1) is 15.2. The number of benzene rings is 1. The predicted molar refractivity (Wildman–Crippen MR) is 124 cm³/mol. The molecular weight excluding hydrogens is 388 g/mol. The van der Waals surface area contributed by atoms with Gasteiger partial charge in [0.25, 0.3) is 0 Å². The van der Waals surface area contributed by atoms with Crippen LogP contribution < -0.4 is 9.64 Å². The third-order valence-electron chi connectivity index (χ3n) is 6.32. The third-order valence-corrected chi connectivity index (χ3v) is 6.32. The van der Waals surface area contributed by atoms with Crippen molar-refractivity contribution in [2.45, 2.75) is 26.2 Å². The van der Waals surface area contributed by atoms with Gasteiger partial charge < -0.3 is 14.5 Å². The smallest absolute Gasteiger partial charge is 0.226 e. The van der Waals surface area contributed by atoms with Gasteiger partial charge in [-0.25, -0.2) is 4.98 Å². The molecule has 2 aliphatic heterocycles. The Balaban J connectivity index is 1.23. The molecule has 0 spiro atoms. The number of carbonyl (C=O) groups is 1. The fourth-order valence-corrected chi connectivity index (χ4v) is 4.66. The number of ether oxygens (including phenoxy) is 1. The summed E-state index contributed by atoms with van der Waals surface area (Å²) in [4.78, 5) is 24.4. The number of anilines is 1. The van der Waals surface area contributed by atoms with Crippen LogP contribution in [0.5, 0.6) is 5.75 Å². The second-order valence-corrected chi connectivity index (χ2v) is 8.58. The molecule has 2 fully saturated rings. The Bertz CT molecular complexity index is 819. The molecule has 2 aromatic rings. The number of pyridine rings is 1. The minimum Gasteiger partial charge on any atom is -0.494 e. The normalized spacial score (nSPS) is 20.0. The molecule has 31 heavy (non-hydrogen) atoms. The summed E-state index contributed by atoms with van der Waals surface area (Å²) in [6.07, 6.45) is 4.66. The number of amides is 1. The molecule has 1 aromatic carbocycles. The lowest BCUT2D eigenvalue weighted by molar-refractivity contribution is -0.132. The second kappa shape index (κ2) is 10.6. The first kappa shape index (κ1) is 21.6. The van der Waals surface area contributed by atoms with E-state index in [4.69, 9.17) is 4.74 Å². The van der Waals surface area contributed by atoms with Crippen LogP contribution in [0.25, 0.3) is 0 Å². The van der Waals surface area contributed by atoms with Gasteiger partial charge in [0.15, 0.2) is 0 Å². The predicted octanol–water partition coefficient (Wildman–Crippen LogP) is 3.08. The van der Waals surface area contributed by atoms with Crippen molar-refractivity contribution in [2.24, 2.45) is 5.92 Å². The first-order valence-corrected chi connectivity index (χ1v) is 11.6. The third kappa shape index (κ3) is 5.97. The van der Waals surface area contributed by atoms with Gasteiger partial charge in [-0.1, -0.05) is 18.2 Å². The van der Waals surface area contributed by atoms with Gasteiger partial charge in [-0.15, -0.1) is 0 Å². The molecule has 2 saturated heterocycles. The van der Waals surface area contributed by atoms with Crippen LogP contribution in [0.3, 0.4) is 0 Å². The molecule has 6 nitrogen and oxygen atoms in total. The lowest BCUT2D eigenvalue weighted by Gasteiger charge is -2.39. The lowest BCUT2D eigenvalue weighted by Crippen LogP contribution is -2.50. The summed E-state index contributed by atoms with van der Waals surface area (Å²) in [6.45, 7) is 9.66. The Kier molecular flexibility index (Phi) is 7.41. The zero-order chi connectivity index (χ0) is 21.5. The van der Waals surface area contributed by atoms with Gasteiger partial charge in [-0.2, -0.15) is 0 Å². The van der Waals surface area contributed by atoms with E-state index in [-0.39, 0.29) is 5.91 Å². The Morgan fingerprint density at radius 3 is 2.58 bits per heavy atom. The zero-order valence-corrected chi connectivity index (χ0v) is 18.6. The molecule has 0 bridgehead atoms. The average Bonchev–Trinajstić information content (AvgIpc) is 2.82. The molecule has 0 radical (unpaired) electrons. The Morgan fingerprint density at radius 2 is 1.87 bits per heavy atom. The molecule has 1 aromatic heterocycles. The van der Waals surface area contributed by atoms with E-state index in [1.54, 1.807) is 0 Å². The molecule has 166 valence electrons. The molecule has 0 saturated carbocycles. The van der Waals surface area contributed by atoms with Gasteiger partial charge in [0.05, 0.1) is 13.0 Å². The summed E-state index contributed by atoms with van der Waals surface area (Å²) in [5.74, 6) is 2.75. The van der Waals surface area contributed by atoms with E-state index >= 15 is 0 Å². The van der Waals surface area contributed by atoms with Crippen molar-refractivity contribution >= 4 is 11.7 Å². The molecule has 4 rings (SSSR count).